The molecule has 1 N–H and O–H groups in total. The predicted molar refractivity (Wildman–Crippen MR) is 143 cm³/mol. The van der Waals surface area contributed by atoms with Crippen molar-refractivity contribution in [3.8, 4) is 0 Å². The monoisotopic (exact) mass is 532 g/mol. The highest BCUT2D eigenvalue weighted by molar-refractivity contribution is 5.13. The fourth-order valence-corrected chi connectivity index (χ4v) is 7.64. The standard InChI is InChI=1S/C30H48N2O6/c1-24(2)15-29(16-25(3,4)31(24)33)34-19-28(20-35-29)21-36-30(37-22-28)17-26(5,6)32(27(7,8)18-30)38-14-23-12-10-9-11-13-23/h9-13,33H,14-22H2,1-8H3. The molecule has 4 fully saturated rings. The Morgan fingerprint density at radius 1 is 0.658 bits per heavy atom. The highest BCUT2D eigenvalue weighted by Gasteiger charge is 2.61. The normalized spacial score (nSPS) is 31.0. The molecule has 4 aliphatic rings. The minimum atomic E-state index is -0.710. The summed E-state index contributed by atoms with van der Waals surface area (Å²) in [4.78, 5) is 6.41. The van der Waals surface area contributed by atoms with Crippen molar-refractivity contribution in [2.45, 2.75) is 121 Å². The molecular weight excluding hydrogens is 484 g/mol. The van der Waals surface area contributed by atoms with Gasteiger partial charge in [-0.2, -0.15) is 10.1 Å². The van der Waals surface area contributed by atoms with Gasteiger partial charge >= 0.3 is 0 Å². The molecule has 0 saturated carbocycles. The molecule has 3 spiro atoms. The number of benzene rings is 1. The number of hydrogen-bond acceptors (Lipinski definition) is 8. The van der Waals surface area contributed by atoms with Crippen molar-refractivity contribution in [2.24, 2.45) is 5.41 Å². The van der Waals surface area contributed by atoms with E-state index in [1.165, 1.54) is 5.06 Å². The maximum atomic E-state index is 10.7. The minimum Gasteiger partial charge on any atom is -0.349 e. The molecule has 8 nitrogen and oxygen atoms in total. The van der Waals surface area contributed by atoms with Crippen LogP contribution in [-0.4, -0.2) is 75.5 Å². The zero-order chi connectivity index (χ0) is 27.7. The largest absolute Gasteiger partial charge is 0.349 e. The van der Waals surface area contributed by atoms with Gasteiger partial charge in [-0.25, -0.2) is 0 Å². The van der Waals surface area contributed by atoms with Crippen LogP contribution >= 0.6 is 0 Å². The van der Waals surface area contributed by atoms with E-state index in [4.69, 9.17) is 23.8 Å². The van der Waals surface area contributed by atoms with Crippen LogP contribution in [0, 0.1) is 5.41 Å². The lowest BCUT2D eigenvalue weighted by molar-refractivity contribution is -0.417. The summed E-state index contributed by atoms with van der Waals surface area (Å²) in [6.07, 6.45) is 2.61. The van der Waals surface area contributed by atoms with Gasteiger partial charge in [-0.15, -0.1) is 0 Å². The number of ether oxygens (including phenoxy) is 4. The number of nitrogens with zero attached hydrogens (tertiary/aromatic N) is 2. The van der Waals surface area contributed by atoms with E-state index in [1.54, 1.807) is 0 Å². The second-order valence-corrected chi connectivity index (χ2v) is 14.8. The average Bonchev–Trinajstić information content (AvgIpc) is 2.81. The highest BCUT2D eigenvalue weighted by atomic mass is 16.7. The SMILES string of the molecule is CC1(C)CC2(CC(C)(C)N1O)OCC1(CO2)COC2(CC(C)(C)N(OCc3ccccc3)C(C)(C)C2)OC1. The van der Waals surface area contributed by atoms with E-state index >= 15 is 0 Å². The Morgan fingerprint density at radius 3 is 1.47 bits per heavy atom. The van der Waals surface area contributed by atoms with Crippen LogP contribution in [0.3, 0.4) is 0 Å². The van der Waals surface area contributed by atoms with E-state index in [9.17, 15) is 5.21 Å². The van der Waals surface area contributed by atoms with Crippen molar-refractivity contribution in [1.82, 2.24) is 10.1 Å². The molecule has 0 aromatic heterocycles. The number of hydrogen-bond donors (Lipinski definition) is 1. The molecule has 4 heterocycles. The summed E-state index contributed by atoms with van der Waals surface area (Å²) in [5, 5.41) is 14.3. The number of hydroxylamine groups is 4. The first kappa shape index (κ1) is 28.4. The fraction of sp³-hybridized carbons (Fsp3) is 0.800. The smallest absolute Gasteiger partial charge is 0.172 e. The predicted octanol–water partition coefficient (Wildman–Crippen LogP) is 5.29. The van der Waals surface area contributed by atoms with E-state index in [0.717, 1.165) is 5.56 Å². The van der Waals surface area contributed by atoms with Gasteiger partial charge in [0.2, 0.25) is 0 Å². The van der Waals surface area contributed by atoms with Crippen molar-refractivity contribution >= 4 is 0 Å². The molecule has 4 aliphatic heterocycles. The van der Waals surface area contributed by atoms with Crippen molar-refractivity contribution in [2.75, 3.05) is 26.4 Å². The lowest BCUT2D eigenvalue weighted by Crippen LogP contribution is -2.70. The summed E-state index contributed by atoms with van der Waals surface area (Å²) in [5.41, 5.74) is -0.679. The Kier molecular flexibility index (Phi) is 6.89. The fourth-order valence-electron chi connectivity index (χ4n) is 7.64. The number of piperidine rings is 2. The molecule has 8 heteroatoms. The van der Waals surface area contributed by atoms with Crippen LogP contribution in [0.5, 0.6) is 0 Å². The van der Waals surface area contributed by atoms with E-state index < -0.39 is 22.7 Å². The molecule has 0 bridgehead atoms. The number of rotatable bonds is 3. The van der Waals surface area contributed by atoms with Gasteiger partial charge in [0.25, 0.3) is 0 Å². The van der Waals surface area contributed by atoms with Crippen molar-refractivity contribution in [1.29, 1.82) is 0 Å². The Balaban J connectivity index is 1.23. The van der Waals surface area contributed by atoms with Crippen LogP contribution in [0.15, 0.2) is 30.3 Å². The van der Waals surface area contributed by atoms with E-state index in [0.29, 0.717) is 58.7 Å². The van der Waals surface area contributed by atoms with Crippen LogP contribution < -0.4 is 0 Å². The molecule has 1 aromatic rings. The molecule has 4 saturated heterocycles. The summed E-state index contributed by atoms with van der Waals surface area (Å²) in [6.45, 7) is 19.5. The van der Waals surface area contributed by atoms with Gasteiger partial charge in [0, 0.05) is 47.8 Å². The van der Waals surface area contributed by atoms with Gasteiger partial charge in [-0.05, 0) is 61.0 Å². The van der Waals surface area contributed by atoms with E-state index in [2.05, 4.69) is 44.9 Å². The quantitative estimate of drug-likeness (QED) is 0.563. The first-order chi connectivity index (χ1) is 17.5. The van der Waals surface area contributed by atoms with E-state index in [-0.39, 0.29) is 16.5 Å². The Morgan fingerprint density at radius 2 is 1.05 bits per heavy atom. The molecule has 214 valence electrons. The lowest BCUT2D eigenvalue weighted by Gasteiger charge is -2.61. The van der Waals surface area contributed by atoms with Gasteiger partial charge in [0.05, 0.1) is 38.4 Å². The van der Waals surface area contributed by atoms with Crippen LogP contribution in [0.2, 0.25) is 0 Å². The molecule has 38 heavy (non-hydrogen) atoms. The molecule has 1 aromatic carbocycles. The van der Waals surface area contributed by atoms with Gasteiger partial charge in [-0.3, -0.25) is 4.84 Å². The van der Waals surface area contributed by atoms with Gasteiger partial charge in [0.15, 0.2) is 11.6 Å². The topological polar surface area (TPSA) is 72.9 Å². The van der Waals surface area contributed by atoms with Gasteiger partial charge in [-0.1, -0.05) is 30.3 Å². The molecule has 5 rings (SSSR count). The molecule has 0 radical (unpaired) electrons. The van der Waals surface area contributed by atoms with Crippen LogP contribution in [0.25, 0.3) is 0 Å². The molecule has 0 amide bonds. The van der Waals surface area contributed by atoms with Crippen molar-refractivity contribution in [3.63, 3.8) is 0 Å². The average molecular weight is 533 g/mol. The first-order valence-corrected chi connectivity index (χ1v) is 14.0. The summed E-state index contributed by atoms with van der Waals surface area (Å²) < 4.78 is 26.3. The lowest BCUT2D eigenvalue weighted by atomic mass is 9.76. The Hall–Kier alpha value is -1.10. The van der Waals surface area contributed by atoms with E-state index in [1.807, 2.05) is 45.9 Å². The second kappa shape index (κ2) is 9.21. The summed E-state index contributed by atoms with van der Waals surface area (Å²) >= 11 is 0. The summed E-state index contributed by atoms with van der Waals surface area (Å²) in [7, 11) is 0. The third-order valence-corrected chi connectivity index (χ3v) is 8.82. The molecular formula is C30H48N2O6. The Bertz CT molecular complexity index is 949. The summed E-state index contributed by atoms with van der Waals surface area (Å²) in [5.74, 6) is -1.38. The van der Waals surface area contributed by atoms with Crippen molar-refractivity contribution < 1.29 is 29.0 Å². The van der Waals surface area contributed by atoms with Gasteiger partial charge < -0.3 is 24.2 Å². The minimum absolute atomic E-state index is 0.292. The maximum Gasteiger partial charge on any atom is 0.172 e. The van der Waals surface area contributed by atoms with Gasteiger partial charge in [0.1, 0.15) is 0 Å². The van der Waals surface area contributed by atoms with Crippen LogP contribution in [0.4, 0.5) is 0 Å². The van der Waals surface area contributed by atoms with Crippen molar-refractivity contribution in [3.05, 3.63) is 35.9 Å². The third-order valence-electron chi connectivity index (χ3n) is 8.82. The zero-order valence-corrected chi connectivity index (χ0v) is 24.6. The highest BCUT2D eigenvalue weighted by Crippen LogP contribution is 2.52. The molecule has 0 aliphatic carbocycles. The molecule has 0 atom stereocenters. The second-order valence-electron chi connectivity index (χ2n) is 14.8. The van der Waals surface area contributed by atoms with Crippen LogP contribution in [0.1, 0.15) is 86.6 Å². The first-order valence-electron chi connectivity index (χ1n) is 14.0. The van der Waals surface area contributed by atoms with Crippen LogP contribution in [-0.2, 0) is 30.4 Å². The third kappa shape index (κ3) is 5.19. The Labute approximate surface area is 228 Å². The summed E-state index contributed by atoms with van der Waals surface area (Å²) in [6, 6.07) is 10.3. The molecule has 0 unspecified atom stereocenters. The maximum absolute atomic E-state index is 10.7. The zero-order valence-electron chi connectivity index (χ0n) is 24.6.